The van der Waals surface area contributed by atoms with Crippen molar-refractivity contribution in [1.29, 1.82) is 0 Å². The highest BCUT2D eigenvalue weighted by Gasteiger charge is 2.10. The van der Waals surface area contributed by atoms with Crippen molar-refractivity contribution in [2.24, 2.45) is 7.05 Å². The Morgan fingerprint density at radius 1 is 1.21 bits per heavy atom. The third-order valence-corrected chi connectivity index (χ3v) is 5.63. The molecule has 1 N–H and O–H groups in total. The lowest BCUT2D eigenvalue weighted by molar-refractivity contribution is 0.734. The van der Waals surface area contributed by atoms with Gasteiger partial charge in [-0.25, -0.2) is 0 Å². The first-order valence-electron chi connectivity index (χ1n) is 7.62. The zero-order valence-corrected chi connectivity index (χ0v) is 15.2. The Labute approximate surface area is 148 Å². The third kappa shape index (κ3) is 3.85. The second-order valence-corrected chi connectivity index (χ2v) is 7.23. The molecule has 0 radical (unpaired) electrons. The molecule has 0 spiro atoms. The van der Waals surface area contributed by atoms with Gasteiger partial charge in [-0.3, -0.25) is 9.36 Å². The topological polar surface area (TPSA) is 59.8 Å². The van der Waals surface area contributed by atoms with Crippen molar-refractivity contribution in [3.05, 3.63) is 62.6 Å². The molecule has 5 nitrogen and oxygen atoms in total. The van der Waals surface area contributed by atoms with Crippen LogP contribution < -0.4 is 10.9 Å². The fraction of sp³-hybridized carbons (Fsp3) is 0.235. The lowest BCUT2D eigenvalue weighted by atomic mass is 10.1. The van der Waals surface area contributed by atoms with E-state index < -0.39 is 0 Å². The molecule has 0 fully saturated rings. The number of aryl methyl sites for hydroxylation is 1. The minimum atomic E-state index is -0.140. The van der Waals surface area contributed by atoms with Crippen LogP contribution in [0.4, 0.5) is 11.6 Å². The summed E-state index contributed by atoms with van der Waals surface area (Å²) in [6, 6.07) is 12.1. The Bertz CT molecular complexity index is 857. The lowest BCUT2D eigenvalue weighted by Gasteiger charge is -2.10. The molecule has 0 saturated carbocycles. The Morgan fingerprint density at radius 2 is 2.00 bits per heavy atom. The summed E-state index contributed by atoms with van der Waals surface area (Å²) < 4.78 is 1.50. The van der Waals surface area contributed by atoms with Crippen LogP contribution in [-0.4, -0.2) is 14.8 Å². The van der Waals surface area contributed by atoms with E-state index in [1.807, 2.05) is 29.6 Å². The van der Waals surface area contributed by atoms with Crippen molar-refractivity contribution in [1.82, 2.24) is 14.8 Å². The summed E-state index contributed by atoms with van der Waals surface area (Å²) in [6.45, 7) is 2.12. The van der Waals surface area contributed by atoms with Crippen LogP contribution in [-0.2, 0) is 19.2 Å². The number of thioether (sulfide) groups is 1. The van der Waals surface area contributed by atoms with Crippen molar-refractivity contribution in [2.75, 3.05) is 5.32 Å². The maximum absolute atomic E-state index is 12.4. The van der Waals surface area contributed by atoms with Crippen LogP contribution in [0.2, 0.25) is 0 Å². The summed E-state index contributed by atoms with van der Waals surface area (Å²) in [4.78, 5) is 13.7. The van der Waals surface area contributed by atoms with Gasteiger partial charge in [-0.05, 0) is 35.6 Å². The van der Waals surface area contributed by atoms with Crippen LogP contribution in [0.15, 0.2) is 51.6 Å². The number of anilines is 2. The van der Waals surface area contributed by atoms with Crippen LogP contribution in [0.25, 0.3) is 0 Å². The molecule has 0 atom stereocenters. The van der Waals surface area contributed by atoms with E-state index in [-0.39, 0.29) is 5.56 Å². The van der Waals surface area contributed by atoms with Gasteiger partial charge in [-0.1, -0.05) is 36.9 Å². The Morgan fingerprint density at radius 3 is 2.67 bits per heavy atom. The van der Waals surface area contributed by atoms with Crippen molar-refractivity contribution >= 4 is 34.7 Å². The van der Waals surface area contributed by atoms with Gasteiger partial charge in [-0.15, -0.1) is 21.5 Å². The molecule has 0 saturated heterocycles. The van der Waals surface area contributed by atoms with Crippen molar-refractivity contribution in [3.8, 4) is 0 Å². The van der Waals surface area contributed by atoms with E-state index in [4.69, 9.17) is 0 Å². The molecule has 2 heterocycles. The maximum Gasteiger partial charge on any atom is 0.287 e. The molecule has 2 aromatic heterocycles. The minimum absolute atomic E-state index is 0.140. The molecular formula is C17H18N4OS2. The average Bonchev–Trinajstić information content (AvgIpc) is 3.12. The van der Waals surface area contributed by atoms with E-state index in [2.05, 4.69) is 34.6 Å². The van der Waals surface area contributed by atoms with E-state index >= 15 is 0 Å². The van der Waals surface area contributed by atoms with Gasteiger partial charge in [-0.2, -0.15) is 0 Å². The molecule has 0 amide bonds. The first-order chi connectivity index (χ1) is 11.7. The van der Waals surface area contributed by atoms with Crippen molar-refractivity contribution in [2.45, 2.75) is 24.1 Å². The van der Waals surface area contributed by atoms with Crippen molar-refractivity contribution < 1.29 is 0 Å². The van der Waals surface area contributed by atoms with E-state index in [9.17, 15) is 4.79 Å². The maximum atomic E-state index is 12.4. The van der Waals surface area contributed by atoms with Gasteiger partial charge in [0.2, 0.25) is 5.95 Å². The molecule has 0 aliphatic heterocycles. The minimum Gasteiger partial charge on any atom is -0.324 e. The van der Waals surface area contributed by atoms with Crippen LogP contribution in [0, 0.1) is 0 Å². The Kier molecular flexibility index (Phi) is 5.32. The lowest BCUT2D eigenvalue weighted by Crippen LogP contribution is -2.24. The normalized spacial score (nSPS) is 10.8. The second kappa shape index (κ2) is 7.63. The fourth-order valence-corrected chi connectivity index (χ4v) is 3.80. The SMILES string of the molecule is CCc1ccc(Nc2nnc(SCc3cccs3)c(=O)n2C)cc1. The summed E-state index contributed by atoms with van der Waals surface area (Å²) in [5.41, 5.74) is 2.01. The molecule has 3 rings (SSSR count). The van der Waals surface area contributed by atoms with Crippen LogP contribution in [0.3, 0.4) is 0 Å². The number of nitrogens with one attached hydrogen (secondary N) is 1. The zero-order chi connectivity index (χ0) is 16.9. The van der Waals surface area contributed by atoms with Crippen LogP contribution in [0.1, 0.15) is 17.4 Å². The summed E-state index contributed by atoms with van der Waals surface area (Å²) >= 11 is 3.08. The standard InChI is InChI=1S/C17H18N4OS2/c1-3-12-6-8-13(9-7-12)18-17-20-19-15(16(22)21(17)2)24-11-14-5-4-10-23-14/h4-10H,3,11H2,1-2H3,(H,18,20). The molecular weight excluding hydrogens is 340 g/mol. The predicted molar refractivity (Wildman–Crippen MR) is 100 cm³/mol. The Balaban J connectivity index is 1.75. The van der Waals surface area contributed by atoms with Crippen LogP contribution in [0.5, 0.6) is 0 Å². The van der Waals surface area contributed by atoms with Gasteiger partial charge in [0.25, 0.3) is 5.56 Å². The first kappa shape index (κ1) is 16.7. The molecule has 124 valence electrons. The first-order valence-corrected chi connectivity index (χ1v) is 9.48. The van der Waals surface area contributed by atoms with E-state index in [0.717, 1.165) is 17.9 Å². The molecule has 0 unspecified atom stereocenters. The van der Waals surface area contributed by atoms with Gasteiger partial charge in [0.1, 0.15) is 0 Å². The summed E-state index contributed by atoms with van der Waals surface area (Å²) in [5, 5.41) is 13.8. The number of rotatable bonds is 6. The average molecular weight is 358 g/mol. The molecule has 0 bridgehead atoms. The highest BCUT2D eigenvalue weighted by Crippen LogP contribution is 2.21. The number of nitrogens with zero attached hydrogens (tertiary/aromatic N) is 3. The van der Waals surface area contributed by atoms with E-state index in [0.29, 0.717) is 11.0 Å². The fourth-order valence-electron chi connectivity index (χ4n) is 2.13. The summed E-state index contributed by atoms with van der Waals surface area (Å²) in [5.74, 6) is 1.16. The van der Waals surface area contributed by atoms with E-state index in [1.54, 1.807) is 18.4 Å². The molecule has 7 heteroatoms. The highest BCUT2D eigenvalue weighted by atomic mass is 32.2. The van der Waals surface area contributed by atoms with Gasteiger partial charge in [0, 0.05) is 23.4 Å². The molecule has 0 aliphatic carbocycles. The molecule has 24 heavy (non-hydrogen) atoms. The van der Waals surface area contributed by atoms with Crippen molar-refractivity contribution in [3.63, 3.8) is 0 Å². The smallest absolute Gasteiger partial charge is 0.287 e. The molecule has 0 aliphatic rings. The number of hydrogen-bond donors (Lipinski definition) is 1. The van der Waals surface area contributed by atoms with E-state index in [1.165, 1.54) is 26.8 Å². The van der Waals surface area contributed by atoms with Crippen LogP contribution >= 0.6 is 23.1 Å². The largest absolute Gasteiger partial charge is 0.324 e. The third-order valence-electron chi connectivity index (χ3n) is 3.59. The zero-order valence-electron chi connectivity index (χ0n) is 13.5. The predicted octanol–water partition coefficient (Wildman–Crippen LogP) is 3.84. The quantitative estimate of drug-likeness (QED) is 0.679. The molecule has 1 aromatic carbocycles. The van der Waals surface area contributed by atoms with Gasteiger partial charge in [0.05, 0.1) is 0 Å². The summed E-state index contributed by atoms with van der Waals surface area (Å²) in [6.07, 6.45) is 0.995. The van der Waals surface area contributed by atoms with Gasteiger partial charge in [0.15, 0.2) is 5.03 Å². The number of hydrogen-bond acceptors (Lipinski definition) is 6. The van der Waals surface area contributed by atoms with Gasteiger partial charge >= 0.3 is 0 Å². The number of benzene rings is 1. The Hall–Kier alpha value is -2.12. The second-order valence-electron chi connectivity index (χ2n) is 5.24. The monoisotopic (exact) mass is 358 g/mol. The highest BCUT2D eigenvalue weighted by molar-refractivity contribution is 7.98. The van der Waals surface area contributed by atoms with Gasteiger partial charge < -0.3 is 5.32 Å². The molecule has 3 aromatic rings. The number of aromatic nitrogens is 3. The summed E-state index contributed by atoms with van der Waals surface area (Å²) in [7, 11) is 1.70. The number of thiophene rings is 1.